The van der Waals surface area contributed by atoms with E-state index in [9.17, 15) is 19.5 Å². The van der Waals surface area contributed by atoms with Crippen LogP contribution in [0.3, 0.4) is 0 Å². The first kappa shape index (κ1) is 15.5. The van der Waals surface area contributed by atoms with E-state index in [0.717, 1.165) is 29.7 Å². The predicted molar refractivity (Wildman–Crippen MR) is 76.9 cm³/mol. The summed E-state index contributed by atoms with van der Waals surface area (Å²) >= 11 is 1.36. The second kappa shape index (κ2) is 6.26. The molecule has 1 aliphatic rings. The summed E-state index contributed by atoms with van der Waals surface area (Å²) in [6.07, 6.45) is 2.11. The molecule has 2 rings (SSSR count). The fraction of sp³-hybridized carbons (Fsp3) is 0.500. The number of rotatable bonds is 5. The number of thiophene rings is 1. The van der Waals surface area contributed by atoms with Gasteiger partial charge in [0.25, 0.3) is 5.91 Å². The highest BCUT2D eigenvalue weighted by Gasteiger charge is 2.27. The molecule has 0 unspecified atom stereocenters. The molecular weight excluding hydrogens is 292 g/mol. The quantitative estimate of drug-likeness (QED) is 0.821. The van der Waals surface area contributed by atoms with Gasteiger partial charge in [-0.2, -0.15) is 0 Å². The lowest BCUT2D eigenvalue weighted by Crippen LogP contribution is -2.24. The molecule has 0 saturated carbocycles. The standard InChI is InChI=1S/C14H18N2O4S/c1-7-2-3-8-9(6-7)21-14(12(8)13(15)20)16-10(17)4-5-11(18)19/h7H,2-6H2,1H3,(H2,15,20)(H,16,17)(H,18,19)/p-1/t7-/m0/s1. The number of amides is 2. The number of carbonyl (C=O) groups excluding carboxylic acids is 3. The third-order valence-electron chi connectivity index (χ3n) is 3.57. The first-order valence-corrected chi connectivity index (χ1v) is 7.64. The third kappa shape index (κ3) is 3.60. The number of primary amides is 1. The lowest BCUT2D eigenvalue weighted by molar-refractivity contribution is -0.305. The highest BCUT2D eigenvalue weighted by molar-refractivity contribution is 7.17. The zero-order valence-electron chi connectivity index (χ0n) is 11.7. The average Bonchev–Trinajstić information content (AvgIpc) is 2.73. The van der Waals surface area contributed by atoms with E-state index in [2.05, 4.69) is 12.2 Å². The molecule has 1 aromatic heterocycles. The van der Waals surface area contributed by atoms with E-state index in [1.807, 2.05) is 0 Å². The summed E-state index contributed by atoms with van der Waals surface area (Å²) in [5.41, 5.74) is 6.74. The van der Waals surface area contributed by atoms with Crippen molar-refractivity contribution in [2.75, 3.05) is 5.32 Å². The van der Waals surface area contributed by atoms with Gasteiger partial charge in [-0.3, -0.25) is 9.59 Å². The van der Waals surface area contributed by atoms with Gasteiger partial charge in [-0.25, -0.2) is 0 Å². The molecule has 0 radical (unpaired) electrons. The molecule has 2 amide bonds. The highest BCUT2D eigenvalue weighted by atomic mass is 32.1. The van der Waals surface area contributed by atoms with Crippen molar-refractivity contribution in [1.29, 1.82) is 0 Å². The van der Waals surface area contributed by atoms with Crippen molar-refractivity contribution >= 4 is 34.1 Å². The van der Waals surface area contributed by atoms with Crippen molar-refractivity contribution in [3.8, 4) is 0 Å². The second-order valence-electron chi connectivity index (χ2n) is 5.34. The Balaban J connectivity index is 2.21. The minimum absolute atomic E-state index is 0.181. The van der Waals surface area contributed by atoms with Crippen LogP contribution in [0.25, 0.3) is 0 Å². The molecule has 0 fully saturated rings. The van der Waals surface area contributed by atoms with Crippen LogP contribution < -0.4 is 16.2 Å². The topological polar surface area (TPSA) is 112 Å². The van der Waals surface area contributed by atoms with Gasteiger partial charge in [-0.15, -0.1) is 11.3 Å². The molecule has 0 spiro atoms. The summed E-state index contributed by atoms with van der Waals surface area (Å²) in [5.74, 6) is -1.75. The zero-order valence-corrected chi connectivity index (χ0v) is 12.5. The molecule has 7 heteroatoms. The molecule has 1 aliphatic carbocycles. The van der Waals surface area contributed by atoms with Gasteiger partial charge < -0.3 is 21.0 Å². The Hall–Kier alpha value is -1.89. The number of hydrogen-bond donors (Lipinski definition) is 2. The van der Waals surface area contributed by atoms with E-state index in [0.29, 0.717) is 16.5 Å². The van der Waals surface area contributed by atoms with Crippen molar-refractivity contribution in [2.45, 2.75) is 39.0 Å². The number of carboxylic acids is 1. The number of anilines is 1. The number of nitrogens with one attached hydrogen (secondary N) is 1. The Labute approximate surface area is 126 Å². The van der Waals surface area contributed by atoms with Gasteiger partial charge in [0.15, 0.2) is 0 Å². The Kier molecular flexibility index (Phi) is 4.62. The SMILES string of the molecule is C[C@H]1CCc2c(sc(NC(=O)CCC(=O)[O-])c2C(N)=O)C1. The maximum atomic E-state index is 11.7. The molecule has 114 valence electrons. The van der Waals surface area contributed by atoms with Gasteiger partial charge in [0.2, 0.25) is 5.91 Å². The van der Waals surface area contributed by atoms with Crippen molar-refractivity contribution in [1.82, 2.24) is 0 Å². The van der Waals surface area contributed by atoms with Crippen LogP contribution in [-0.4, -0.2) is 17.8 Å². The molecule has 0 saturated heterocycles. The third-order valence-corrected chi connectivity index (χ3v) is 4.74. The predicted octanol–water partition coefficient (Wildman–Crippen LogP) is 0.440. The maximum Gasteiger partial charge on any atom is 0.251 e. The summed E-state index contributed by atoms with van der Waals surface area (Å²) in [5, 5.41) is 13.4. The molecule has 1 heterocycles. The summed E-state index contributed by atoms with van der Waals surface area (Å²) in [7, 11) is 0. The molecule has 0 aliphatic heterocycles. The van der Waals surface area contributed by atoms with Gasteiger partial charge in [-0.1, -0.05) is 6.92 Å². The normalized spacial score (nSPS) is 17.1. The van der Waals surface area contributed by atoms with Crippen LogP contribution in [0.1, 0.15) is 47.0 Å². The van der Waals surface area contributed by atoms with E-state index >= 15 is 0 Å². The fourth-order valence-electron chi connectivity index (χ4n) is 2.50. The maximum absolute atomic E-state index is 11.7. The monoisotopic (exact) mass is 309 g/mol. The summed E-state index contributed by atoms with van der Waals surface area (Å²) < 4.78 is 0. The summed E-state index contributed by atoms with van der Waals surface area (Å²) in [6, 6.07) is 0. The second-order valence-corrected chi connectivity index (χ2v) is 6.45. The summed E-state index contributed by atoms with van der Waals surface area (Å²) in [4.78, 5) is 34.8. The Morgan fingerprint density at radius 1 is 1.38 bits per heavy atom. The van der Waals surface area contributed by atoms with E-state index < -0.39 is 17.8 Å². The van der Waals surface area contributed by atoms with E-state index in [1.54, 1.807) is 0 Å². The minimum atomic E-state index is -1.28. The molecule has 6 nitrogen and oxygen atoms in total. The molecular formula is C14H17N2O4S-. The molecule has 3 N–H and O–H groups in total. The first-order valence-electron chi connectivity index (χ1n) is 6.82. The van der Waals surface area contributed by atoms with Gasteiger partial charge in [0, 0.05) is 17.3 Å². The van der Waals surface area contributed by atoms with Crippen LogP contribution in [0.2, 0.25) is 0 Å². The number of carboxylic acid groups (broad SMARTS) is 1. The van der Waals surface area contributed by atoms with Crippen LogP contribution in [0.5, 0.6) is 0 Å². The number of hydrogen-bond acceptors (Lipinski definition) is 5. The van der Waals surface area contributed by atoms with E-state index in [-0.39, 0.29) is 12.8 Å². The van der Waals surface area contributed by atoms with Crippen molar-refractivity contribution in [2.24, 2.45) is 11.7 Å². The largest absolute Gasteiger partial charge is 0.550 e. The van der Waals surface area contributed by atoms with Crippen molar-refractivity contribution < 1.29 is 19.5 Å². The average molecular weight is 309 g/mol. The van der Waals surface area contributed by atoms with Crippen molar-refractivity contribution in [3.63, 3.8) is 0 Å². The number of carbonyl (C=O) groups is 3. The smallest absolute Gasteiger partial charge is 0.251 e. The Morgan fingerprint density at radius 3 is 2.71 bits per heavy atom. The molecule has 1 atom stereocenters. The molecule has 21 heavy (non-hydrogen) atoms. The van der Waals surface area contributed by atoms with Crippen LogP contribution in [-0.2, 0) is 22.4 Å². The van der Waals surface area contributed by atoms with Gasteiger partial charge in [0.1, 0.15) is 5.00 Å². The van der Waals surface area contributed by atoms with Crippen molar-refractivity contribution in [3.05, 3.63) is 16.0 Å². The van der Waals surface area contributed by atoms with Gasteiger partial charge in [-0.05, 0) is 37.2 Å². The lowest BCUT2D eigenvalue weighted by atomic mass is 9.88. The van der Waals surface area contributed by atoms with Crippen LogP contribution in [0, 0.1) is 5.92 Å². The molecule has 1 aromatic rings. The highest BCUT2D eigenvalue weighted by Crippen LogP contribution is 2.39. The van der Waals surface area contributed by atoms with Crippen LogP contribution in [0.4, 0.5) is 5.00 Å². The van der Waals surface area contributed by atoms with E-state index in [1.165, 1.54) is 11.3 Å². The van der Waals surface area contributed by atoms with Crippen LogP contribution in [0.15, 0.2) is 0 Å². The van der Waals surface area contributed by atoms with E-state index in [4.69, 9.17) is 5.73 Å². The number of nitrogens with two attached hydrogens (primary N) is 1. The first-order chi connectivity index (χ1) is 9.88. The fourth-order valence-corrected chi connectivity index (χ4v) is 3.94. The van der Waals surface area contributed by atoms with Crippen LogP contribution >= 0.6 is 11.3 Å². The van der Waals surface area contributed by atoms with Gasteiger partial charge in [0.05, 0.1) is 5.56 Å². The number of aliphatic carboxylic acids is 1. The van der Waals surface area contributed by atoms with Gasteiger partial charge >= 0.3 is 0 Å². The zero-order chi connectivity index (χ0) is 15.6. The Bertz CT molecular complexity index is 594. The number of fused-ring (bicyclic) bond motifs is 1. The summed E-state index contributed by atoms with van der Waals surface area (Å²) in [6.45, 7) is 2.14. The molecule has 0 aromatic carbocycles. The lowest BCUT2D eigenvalue weighted by Gasteiger charge is -2.18. The minimum Gasteiger partial charge on any atom is -0.550 e. The molecule has 0 bridgehead atoms. The Morgan fingerprint density at radius 2 is 2.10 bits per heavy atom.